The third-order valence-electron chi connectivity index (χ3n) is 3.26. The van der Waals surface area contributed by atoms with Gasteiger partial charge in [-0.2, -0.15) is 0 Å². The Morgan fingerprint density at radius 3 is 2.78 bits per heavy atom. The number of pyridine rings is 1. The molecule has 2 N–H and O–H groups in total. The molecule has 1 saturated heterocycles. The van der Waals surface area contributed by atoms with E-state index in [9.17, 15) is 4.79 Å². The lowest BCUT2D eigenvalue weighted by molar-refractivity contribution is -0.136. The number of ether oxygens (including phenoxy) is 1. The van der Waals surface area contributed by atoms with Gasteiger partial charge in [-0.3, -0.25) is 9.78 Å². The molecule has 1 aromatic rings. The van der Waals surface area contributed by atoms with Gasteiger partial charge >= 0.3 is 0 Å². The van der Waals surface area contributed by atoms with Crippen LogP contribution in [0.1, 0.15) is 12.5 Å². The number of carbonyl (C=O) groups is 1. The lowest BCUT2D eigenvalue weighted by atomic mass is 10.0. The molecule has 2 atom stereocenters. The van der Waals surface area contributed by atoms with Crippen molar-refractivity contribution < 1.29 is 9.53 Å². The number of amides is 1. The highest BCUT2D eigenvalue weighted by atomic mass is 16.5. The monoisotopic (exact) mass is 249 g/mol. The van der Waals surface area contributed by atoms with Crippen molar-refractivity contribution in [1.82, 2.24) is 9.88 Å². The fraction of sp³-hybridized carbons (Fsp3) is 0.538. The second kappa shape index (κ2) is 5.93. The summed E-state index contributed by atoms with van der Waals surface area (Å²) in [6.07, 6.45) is 3.47. The minimum absolute atomic E-state index is 0.0827. The van der Waals surface area contributed by atoms with Gasteiger partial charge in [0.05, 0.1) is 19.1 Å². The SMILES string of the molecule is CCN(Cc1ccncc1)C(=O)C1COCC1N. The van der Waals surface area contributed by atoms with E-state index in [1.165, 1.54) is 0 Å². The van der Waals surface area contributed by atoms with E-state index in [2.05, 4.69) is 4.98 Å². The summed E-state index contributed by atoms with van der Waals surface area (Å²) in [5.41, 5.74) is 6.96. The first-order chi connectivity index (χ1) is 8.72. The summed E-state index contributed by atoms with van der Waals surface area (Å²) in [4.78, 5) is 18.1. The topological polar surface area (TPSA) is 68.5 Å². The molecule has 5 nitrogen and oxygen atoms in total. The molecule has 0 bridgehead atoms. The first-order valence-corrected chi connectivity index (χ1v) is 6.23. The molecule has 0 saturated carbocycles. The van der Waals surface area contributed by atoms with Crippen molar-refractivity contribution in [3.8, 4) is 0 Å². The summed E-state index contributed by atoms with van der Waals surface area (Å²) in [6.45, 7) is 4.15. The molecule has 0 aromatic carbocycles. The van der Waals surface area contributed by atoms with Crippen molar-refractivity contribution in [2.75, 3.05) is 19.8 Å². The van der Waals surface area contributed by atoms with Crippen molar-refractivity contribution >= 4 is 5.91 Å². The van der Waals surface area contributed by atoms with Crippen LogP contribution in [0.3, 0.4) is 0 Å². The lowest BCUT2D eigenvalue weighted by Gasteiger charge is -2.25. The summed E-state index contributed by atoms with van der Waals surface area (Å²) >= 11 is 0. The predicted molar refractivity (Wildman–Crippen MR) is 67.6 cm³/mol. The number of carbonyl (C=O) groups excluding carboxylic acids is 1. The van der Waals surface area contributed by atoms with Crippen LogP contribution in [0.15, 0.2) is 24.5 Å². The van der Waals surface area contributed by atoms with E-state index in [-0.39, 0.29) is 17.9 Å². The first kappa shape index (κ1) is 13.0. The minimum Gasteiger partial charge on any atom is -0.379 e. The van der Waals surface area contributed by atoms with Gasteiger partial charge in [0, 0.05) is 31.5 Å². The van der Waals surface area contributed by atoms with Gasteiger partial charge < -0.3 is 15.4 Å². The molecule has 98 valence electrons. The van der Waals surface area contributed by atoms with Crippen LogP contribution < -0.4 is 5.73 Å². The Morgan fingerprint density at radius 2 is 2.22 bits per heavy atom. The van der Waals surface area contributed by atoms with Crippen LogP contribution in [0.2, 0.25) is 0 Å². The van der Waals surface area contributed by atoms with E-state index in [0.717, 1.165) is 5.56 Å². The van der Waals surface area contributed by atoms with Gasteiger partial charge in [-0.1, -0.05) is 0 Å². The van der Waals surface area contributed by atoms with Gasteiger partial charge in [-0.25, -0.2) is 0 Å². The number of hydrogen-bond donors (Lipinski definition) is 1. The number of aromatic nitrogens is 1. The normalized spacial score (nSPS) is 23.0. The number of hydrogen-bond acceptors (Lipinski definition) is 4. The van der Waals surface area contributed by atoms with E-state index in [1.54, 1.807) is 12.4 Å². The maximum atomic E-state index is 12.3. The molecule has 2 rings (SSSR count). The molecular formula is C13H19N3O2. The Kier molecular flexibility index (Phi) is 4.28. The zero-order valence-corrected chi connectivity index (χ0v) is 10.6. The number of rotatable bonds is 4. The fourth-order valence-corrected chi connectivity index (χ4v) is 2.11. The van der Waals surface area contributed by atoms with Gasteiger partial charge in [0.1, 0.15) is 0 Å². The Morgan fingerprint density at radius 1 is 1.50 bits per heavy atom. The van der Waals surface area contributed by atoms with Crippen LogP contribution in [0.4, 0.5) is 0 Å². The predicted octanol–water partition coefficient (Wildman–Crippen LogP) is 0.404. The largest absolute Gasteiger partial charge is 0.379 e. The van der Waals surface area contributed by atoms with Crippen LogP contribution in [-0.4, -0.2) is 41.6 Å². The van der Waals surface area contributed by atoms with Crippen molar-refractivity contribution in [2.24, 2.45) is 11.7 Å². The van der Waals surface area contributed by atoms with E-state index >= 15 is 0 Å². The lowest BCUT2D eigenvalue weighted by Crippen LogP contribution is -2.43. The molecule has 1 aliphatic rings. The smallest absolute Gasteiger partial charge is 0.229 e. The van der Waals surface area contributed by atoms with E-state index in [0.29, 0.717) is 26.3 Å². The Hall–Kier alpha value is -1.46. The molecule has 18 heavy (non-hydrogen) atoms. The molecule has 5 heteroatoms. The van der Waals surface area contributed by atoms with Gasteiger partial charge in [-0.15, -0.1) is 0 Å². The molecule has 2 heterocycles. The zero-order valence-electron chi connectivity index (χ0n) is 10.6. The average molecular weight is 249 g/mol. The van der Waals surface area contributed by atoms with Crippen molar-refractivity contribution in [3.63, 3.8) is 0 Å². The molecule has 1 amide bonds. The van der Waals surface area contributed by atoms with Crippen molar-refractivity contribution in [3.05, 3.63) is 30.1 Å². The average Bonchev–Trinajstić information content (AvgIpc) is 2.82. The third-order valence-corrected chi connectivity index (χ3v) is 3.26. The van der Waals surface area contributed by atoms with Gasteiger partial charge in [0.25, 0.3) is 0 Å². The Balaban J connectivity index is 2.02. The Labute approximate surface area is 107 Å². The molecule has 0 spiro atoms. The molecular weight excluding hydrogens is 230 g/mol. The number of nitrogens with two attached hydrogens (primary N) is 1. The van der Waals surface area contributed by atoms with Gasteiger partial charge in [0.15, 0.2) is 0 Å². The van der Waals surface area contributed by atoms with Crippen LogP contribution in [0, 0.1) is 5.92 Å². The van der Waals surface area contributed by atoms with E-state index < -0.39 is 0 Å². The summed E-state index contributed by atoms with van der Waals surface area (Å²) < 4.78 is 5.25. The maximum Gasteiger partial charge on any atom is 0.229 e. The highest BCUT2D eigenvalue weighted by Crippen LogP contribution is 2.16. The summed E-state index contributed by atoms with van der Waals surface area (Å²) in [5.74, 6) is -0.119. The van der Waals surface area contributed by atoms with Crippen LogP contribution in [0.5, 0.6) is 0 Å². The van der Waals surface area contributed by atoms with Gasteiger partial charge in [0.2, 0.25) is 5.91 Å². The third kappa shape index (κ3) is 2.86. The molecule has 0 aliphatic carbocycles. The van der Waals surface area contributed by atoms with Crippen molar-refractivity contribution in [1.29, 1.82) is 0 Å². The molecule has 0 radical (unpaired) electrons. The second-order valence-electron chi connectivity index (χ2n) is 4.52. The quantitative estimate of drug-likeness (QED) is 0.839. The number of nitrogens with zero attached hydrogens (tertiary/aromatic N) is 2. The van der Waals surface area contributed by atoms with Crippen LogP contribution >= 0.6 is 0 Å². The van der Waals surface area contributed by atoms with E-state index in [4.69, 9.17) is 10.5 Å². The highest BCUT2D eigenvalue weighted by Gasteiger charge is 2.33. The molecule has 1 fully saturated rings. The fourth-order valence-electron chi connectivity index (χ4n) is 2.11. The summed E-state index contributed by atoms with van der Waals surface area (Å²) in [6, 6.07) is 3.66. The van der Waals surface area contributed by atoms with E-state index in [1.807, 2.05) is 24.0 Å². The summed E-state index contributed by atoms with van der Waals surface area (Å²) in [7, 11) is 0. The maximum absolute atomic E-state index is 12.3. The molecule has 1 aromatic heterocycles. The van der Waals surface area contributed by atoms with Crippen molar-refractivity contribution in [2.45, 2.75) is 19.5 Å². The van der Waals surface area contributed by atoms with Crippen LogP contribution in [0.25, 0.3) is 0 Å². The second-order valence-corrected chi connectivity index (χ2v) is 4.52. The highest BCUT2D eigenvalue weighted by molar-refractivity contribution is 5.80. The van der Waals surface area contributed by atoms with Gasteiger partial charge in [-0.05, 0) is 24.6 Å². The first-order valence-electron chi connectivity index (χ1n) is 6.23. The molecule has 1 aliphatic heterocycles. The zero-order chi connectivity index (χ0) is 13.0. The van der Waals surface area contributed by atoms with Crippen LogP contribution in [-0.2, 0) is 16.1 Å². The summed E-state index contributed by atoms with van der Waals surface area (Å²) in [5, 5.41) is 0. The minimum atomic E-state index is -0.202. The standard InChI is InChI=1S/C13H19N3O2/c1-2-16(7-10-3-5-15-6-4-10)13(17)11-8-18-9-12(11)14/h3-6,11-12H,2,7-9,14H2,1H3. The Bertz CT molecular complexity index is 396. The molecule has 2 unspecified atom stereocenters.